The highest BCUT2D eigenvalue weighted by Gasteiger charge is 2.42. The van der Waals surface area contributed by atoms with E-state index in [1.165, 1.54) is 48.2 Å². The van der Waals surface area contributed by atoms with Gasteiger partial charge in [-0.25, -0.2) is 0 Å². The Morgan fingerprint density at radius 2 is 1.74 bits per heavy atom. The molecule has 0 amide bonds. The fourth-order valence-corrected chi connectivity index (χ4v) is 4.44. The molecule has 2 heterocycles. The van der Waals surface area contributed by atoms with Crippen molar-refractivity contribution < 1.29 is 33.2 Å². The Morgan fingerprint density at radius 3 is 2.57 bits per heavy atom. The molecule has 3 heteroatoms. The van der Waals surface area contributed by atoms with Crippen molar-refractivity contribution in [3.05, 3.63) is 64.7 Å². The predicted molar refractivity (Wildman–Crippen MR) is 89.2 cm³/mol. The summed E-state index contributed by atoms with van der Waals surface area (Å²) in [6, 6.07) is 16.2. The molecular formula is C20H24INO. The zero-order valence-corrected chi connectivity index (χ0v) is 16.0. The summed E-state index contributed by atoms with van der Waals surface area (Å²) in [6.45, 7) is 2.49. The quantitative estimate of drug-likeness (QED) is 0.488. The minimum atomic E-state index is 0. The van der Waals surface area contributed by atoms with Crippen molar-refractivity contribution in [1.29, 1.82) is 0 Å². The van der Waals surface area contributed by atoms with E-state index in [1.807, 2.05) is 0 Å². The predicted octanol–water partition coefficient (Wildman–Crippen LogP) is 0.738. The average molecular weight is 421 g/mol. The van der Waals surface area contributed by atoms with E-state index in [1.54, 1.807) is 7.11 Å². The lowest BCUT2D eigenvalue weighted by molar-refractivity contribution is -0.935. The maximum atomic E-state index is 5.43. The molecule has 0 saturated heterocycles. The molecule has 0 aliphatic carbocycles. The molecule has 23 heavy (non-hydrogen) atoms. The molecule has 2 nitrogen and oxygen atoms in total. The van der Waals surface area contributed by atoms with Crippen molar-refractivity contribution in [2.75, 3.05) is 27.2 Å². The minimum absolute atomic E-state index is 0. The number of hydrogen-bond acceptors (Lipinski definition) is 1. The van der Waals surface area contributed by atoms with Crippen LogP contribution in [0.5, 0.6) is 5.75 Å². The van der Waals surface area contributed by atoms with Crippen LogP contribution in [-0.4, -0.2) is 31.7 Å². The third-order valence-corrected chi connectivity index (χ3v) is 5.62. The standard InChI is InChI=1S/C20H24NO.HI/c1-21-12-5-7-15-6-3-4-8-18(15)20(21)19-10-9-17(22-2)14-16(19)11-13-21;/h3-4,6,8-10,14,20H,5,7,11-13H2,1-2H3;1H/q+1;/p-1. The Bertz CT molecular complexity index is 715. The Labute approximate surface area is 156 Å². The highest BCUT2D eigenvalue weighted by Crippen LogP contribution is 2.43. The molecule has 4 rings (SSSR count). The summed E-state index contributed by atoms with van der Waals surface area (Å²) in [6.07, 6.45) is 3.66. The number of quaternary nitrogens is 1. The number of ether oxygens (including phenoxy) is 1. The molecule has 2 aliphatic heterocycles. The van der Waals surface area contributed by atoms with Gasteiger partial charge in [-0.1, -0.05) is 24.3 Å². The summed E-state index contributed by atoms with van der Waals surface area (Å²) in [5, 5.41) is 0. The lowest BCUT2D eigenvalue weighted by Crippen LogP contribution is -3.00. The molecule has 0 aromatic heterocycles. The third kappa shape index (κ3) is 2.78. The summed E-state index contributed by atoms with van der Waals surface area (Å²) < 4.78 is 6.58. The monoisotopic (exact) mass is 421 g/mol. The Morgan fingerprint density at radius 1 is 0.957 bits per heavy atom. The van der Waals surface area contributed by atoms with Crippen molar-refractivity contribution in [2.45, 2.75) is 25.3 Å². The van der Waals surface area contributed by atoms with Gasteiger partial charge in [-0.3, -0.25) is 0 Å². The van der Waals surface area contributed by atoms with Crippen LogP contribution >= 0.6 is 0 Å². The number of hydrogen-bond donors (Lipinski definition) is 0. The first-order valence-electron chi connectivity index (χ1n) is 8.30. The molecule has 122 valence electrons. The van der Waals surface area contributed by atoms with Gasteiger partial charge in [0.05, 0.1) is 27.2 Å². The van der Waals surface area contributed by atoms with E-state index in [0.29, 0.717) is 6.04 Å². The molecule has 2 aromatic rings. The van der Waals surface area contributed by atoms with Crippen molar-refractivity contribution in [1.82, 2.24) is 0 Å². The molecule has 0 N–H and O–H groups in total. The molecule has 0 saturated carbocycles. The fraction of sp³-hybridized carbons (Fsp3) is 0.400. The highest BCUT2D eigenvalue weighted by atomic mass is 127. The van der Waals surface area contributed by atoms with Crippen LogP contribution in [-0.2, 0) is 12.8 Å². The van der Waals surface area contributed by atoms with E-state index in [-0.39, 0.29) is 24.0 Å². The molecule has 2 unspecified atom stereocenters. The highest BCUT2D eigenvalue weighted by molar-refractivity contribution is 5.44. The Balaban J connectivity index is 0.00000156. The molecule has 2 aromatic carbocycles. The van der Waals surface area contributed by atoms with Crippen LogP contribution in [0.25, 0.3) is 0 Å². The second-order valence-electron chi connectivity index (χ2n) is 6.95. The Hall–Kier alpha value is -1.07. The Kier molecular flexibility index (Phi) is 4.70. The van der Waals surface area contributed by atoms with Gasteiger partial charge in [-0.05, 0) is 35.7 Å². The molecular weight excluding hydrogens is 397 g/mol. The number of methoxy groups -OCH3 is 1. The van der Waals surface area contributed by atoms with Gasteiger partial charge < -0.3 is 33.2 Å². The maximum Gasteiger partial charge on any atom is 0.141 e. The number of halogens is 1. The van der Waals surface area contributed by atoms with Crippen LogP contribution in [0.1, 0.15) is 34.7 Å². The average Bonchev–Trinajstić information content (AvgIpc) is 2.70. The van der Waals surface area contributed by atoms with Gasteiger partial charge in [-0.2, -0.15) is 0 Å². The first-order chi connectivity index (χ1) is 10.7. The topological polar surface area (TPSA) is 9.23 Å². The van der Waals surface area contributed by atoms with Gasteiger partial charge in [0.1, 0.15) is 11.8 Å². The summed E-state index contributed by atoms with van der Waals surface area (Å²) in [5.41, 5.74) is 6.05. The van der Waals surface area contributed by atoms with E-state index in [9.17, 15) is 0 Å². The molecule has 2 atom stereocenters. The molecule has 2 aliphatic rings. The van der Waals surface area contributed by atoms with Gasteiger partial charge in [-0.15, -0.1) is 0 Å². The number of nitrogens with zero attached hydrogens (tertiary/aromatic N) is 1. The van der Waals surface area contributed by atoms with Crippen molar-refractivity contribution in [3.63, 3.8) is 0 Å². The van der Waals surface area contributed by atoms with E-state index >= 15 is 0 Å². The number of fused-ring (bicyclic) bond motifs is 5. The molecule has 0 spiro atoms. The van der Waals surface area contributed by atoms with Gasteiger partial charge in [0.2, 0.25) is 0 Å². The number of aryl methyl sites for hydroxylation is 1. The summed E-state index contributed by atoms with van der Waals surface area (Å²) in [5.74, 6) is 0.983. The second kappa shape index (κ2) is 6.44. The fourth-order valence-electron chi connectivity index (χ4n) is 4.44. The smallest absolute Gasteiger partial charge is 0.141 e. The van der Waals surface area contributed by atoms with Crippen LogP contribution in [0.3, 0.4) is 0 Å². The van der Waals surface area contributed by atoms with Crippen molar-refractivity contribution in [2.24, 2.45) is 0 Å². The first-order valence-corrected chi connectivity index (χ1v) is 8.30. The van der Waals surface area contributed by atoms with Crippen molar-refractivity contribution in [3.8, 4) is 5.75 Å². The van der Waals surface area contributed by atoms with Gasteiger partial charge >= 0.3 is 0 Å². The van der Waals surface area contributed by atoms with Crippen LogP contribution < -0.4 is 28.7 Å². The normalized spacial score (nSPS) is 25.2. The summed E-state index contributed by atoms with van der Waals surface area (Å²) >= 11 is 0. The third-order valence-electron chi connectivity index (χ3n) is 5.62. The van der Waals surface area contributed by atoms with E-state index in [4.69, 9.17) is 4.74 Å². The van der Waals surface area contributed by atoms with Crippen molar-refractivity contribution >= 4 is 0 Å². The first kappa shape index (κ1) is 16.8. The largest absolute Gasteiger partial charge is 1.00 e. The SMILES string of the molecule is COc1ccc2c(c1)CC[N+]1(C)CCCc3ccccc3C21.[I-]. The minimum Gasteiger partial charge on any atom is -1.00 e. The number of likely N-dealkylation sites (N-methyl/N-ethyl adjacent to an activating group) is 1. The number of rotatable bonds is 1. The van der Waals surface area contributed by atoms with Crippen LogP contribution in [0.2, 0.25) is 0 Å². The van der Waals surface area contributed by atoms with Gasteiger partial charge in [0, 0.05) is 24.0 Å². The number of benzene rings is 2. The van der Waals surface area contributed by atoms with Crippen LogP contribution in [0.4, 0.5) is 0 Å². The lowest BCUT2D eigenvalue weighted by atomic mass is 9.85. The van der Waals surface area contributed by atoms with Gasteiger partial charge in [0.15, 0.2) is 0 Å². The zero-order chi connectivity index (χ0) is 15.2. The van der Waals surface area contributed by atoms with E-state index in [0.717, 1.165) is 16.7 Å². The summed E-state index contributed by atoms with van der Waals surface area (Å²) in [7, 11) is 4.20. The summed E-state index contributed by atoms with van der Waals surface area (Å²) in [4.78, 5) is 0. The molecule has 0 radical (unpaired) electrons. The second-order valence-corrected chi connectivity index (χ2v) is 6.95. The molecule has 0 bridgehead atoms. The van der Waals surface area contributed by atoms with Crippen LogP contribution in [0.15, 0.2) is 42.5 Å². The lowest BCUT2D eigenvalue weighted by Gasteiger charge is -2.45. The van der Waals surface area contributed by atoms with E-state index in [2.05, 4.69) is 49.5 Å². The van der Waals surface area contributed by atoms with Gasteiger partial charge in [0.25, 0.3) is 0 Å². The molecule has 0 fully saturated rings. The zero-order valence-electron chi connectivity index (χ0n) is 13.9. The van der Waals surface area contributed by atoms with Crippen LogP contribution in [0, 0.1) is 0 Å². The maximum absolute atomic E-state index is 5.43. The van der Waals surface area contributed by atoms with E-state index < -0.39 is 0 Å².